The maximum atomic E-state index is 5.42. The van der Waals surface area contributed by atoms with Gasteiger partial charge < -0.3 is 5.73 Å². The maximum Gasteiger partial charge on any atom is 0.103 e. The van der Waals surface area contributed by atoms with Crippen molar-refractivity contribution < 1.29 is 0 Å². The van der Waals surface area contributed by atoms with Gasteiger partial charge in [0.05, 0.1) is 0 Å². The zero-order chi connectivity index (χ0) is 8.27. The van der Waals surface area contributed by atoms with Crippen molar-refractivity contribution in [2.45, 2.75) is 5.33 Å². The number of rotatable bonds is 2. The van der Waals surface area contributed by atoms with Gasteiger partial charge in [-0.3, -0.25) is 0 Å². The number of benzene rings is 1. The first-order chi connectivity index (χ1) is 5.24. The molecular weight excluding hydrogens is 222 g/mol. The lowest BCUT2D eigenvalue weighted by atomic mass is 10.1. The van der Waals surface area contributed by atoms with E-state index in [1.165, 1.54) is 5.56 Å². The second-order valence-electron chi connectivity index (χ2n) is 2.19. The third kappa shape index (κ3) is 2.27. The van der Waals surface area contributed by atoms with E-state index in [2.05, 4.69) is 15.9 Å². The van der Waals surface area contributed by atoms with E-state index in [9.17, 15) is 0 Å². The molecule has 1 rings (SSSR count). The fourth-order valence-corrected chi connectivity index (χ4v) is 1.27. The number of halogens is 1. The topological polar surface area (TPSA) is 26.0 Å². The monoisotopic (exact) mass is 229 g/mol. The van der Waals surface area contributed by atoms with Gasteiger partial charge in [-0.2, -0.15) is 0 Å². The first-order valence-corrected chi connectivity index (χ1v) is 4.71. The first kappa shape index (κ1) is 8.68. The molecule has 0 atom stereocenters. The highest BCUT2D eigenvalue weighted by atomic mass is 79.9. The minimum Gasteiger partial charge on any atom is -0.389 e. The Bertz CT molecular complexity index is 255. The Kier molecular flexibility index (Phi) is 3.02. The van der Waals surface area contributed by atoms with Crippen molar-refractivity contribution in [3.8, 4) is 0 Å². The van der Waals surface area contributed by atoms with Crippen LogP contribution in [0.3, 0.4) is 0 Å². The highest BCUT2D eigenvalue weighted by Crippen LogP contribution is 2.07. The summed E-state index contributed by atoms with van der Waals surface area (Å²) in [6.45, 7) is 0. The molecule has 1 aromatic carbocycles. The molecule has 11 heavy (non-hydrogen) atoms. The SMILES string of the molecule is NC(=S)c1ccc(CBr)cc1. The summed E-state index contributed by atoms with van der Waals surface area (Å²) in [5, 5.41) is 0.866. The molecule has 3 heteroatoms. The van der Waals surface area contributed by atoms with E-state index in [4.69, 9.17) is 18.0 Å². The van der Waals surface area contributed by atoms with Crippen LogP contribution in [0.5, 0.6) is 0 Å². The smallest absolute Gasteiger partial charge is 0.103 e. The van der Waals surface area contributed by atoms with Crippen LogP contribution in [-0.4, -0.2) is 4.99 Å². The molecule has 1 nitrogen and oxygen atoms in total. The maximum absolute atomic E-state index is 5.42. The van der Waals surface area contributed by atoms with Crippen molar-refractivity contribution in [2.24, 2.45) is 5.73 Å². The van der Waals surface area contributed by atoms with E-state index >= 15 is 0 Å². The fourth-order valence-electron chi connectivity index (χ4n) is 0.758. The summed E-state index contributed by atoms with van der Waals surface area (Å²) in [4.78, 5) is 0.450. The van der Waals surface area contributed by atoms with Crippen LogP contribution in [0.1, 0.15) is 11.1 Å². The number of hydrogen-bond donors (Lipinski definition) is 1. The minimum atomic E-state index is 0.450. The molecule has 0 aliphatic heterocycles. The number of alkyl halides is 1. The lowest BCUT2D eigenvalue weighted by Crippen LogP contribution is -2.08. The Balaban J connectivity index is 2.91. The van der Waals surface area contributed by atoms with Gasteiger partial charge in [0.2, 0.25) is 0 Å². The summed E-state index contributed by atoms with van der Waals surface area (Å²) in [6, 6.07) is 7.87. The molecule has 0 amide bonds. The minimum absolute atomic E-state index is 0.450. The van der Waals surface area contributed by atoms with E-state index in [0.29, 0.717) is 4.99 Å². The zero-order valence-corrected chi connectivity index (χ0v) is 8.28. The molecule has 0 unspecified atom stereocenters. The van der Waals surface area contributed by atoms with Crippen LogP contribution in [0.15, 0.2) is 24.3 Å². The fraction of sp³-hybridized carbons (Fsp3) is 0.125. The first-order valence-electron chi connectivity index (χ1n) is 3.18. The average molecular weight is 230 g/mol. The molecule has 0 heterocycles. The largest absolute Gasteiger partial charge is 0.389 e. The summed E-state index contributed by atoms with van der Waals surface area (Å²) in [5.41, 5.74) is 7.57. The Morgan fingerprint density at radius 1 is 1.36 bits per heavy atom. The second kappa shape index (κ2) is 3.83. The van der Waals surface area contributed by atoms with E-state index in [-0.39, 0.29) is 0 Å². The van der Waals surface area contributed by atoms with Gasteiger partial charge in [-0.1, -0.05) is 52.4 Å². The standard InChI is InChI=1S/C8H8BrNS/c9-5-6-1-3-7(4-2-6)8(10)11/h1-4H,5H2,(H2,10,11). The van der Waals surface area contributed by atoms with Crippen molar-refractivity contribution in [3.63, 3.8) is 0 Å². The van der Waals surface area contributed by atoms with Gasteiger partial charge in [-0.25, -0.2) is 0 Å². The van der Waals surface area contributed by atoms with Crippen LogP contribution in [0, 0.1) is 0 Å². The predicted octanol–water partition coefficient (Wildman–Crippen LogP) is 2.22. The lowest BCUT2D eigenvalue weighted by molar-refractivity contribution is 1.43. The van der Waals surface area contributed by atoms with Crippen LogP contribution in [0.25, 0.3) is 0 Å². The van der Waals surface area contributed by atoms with E-state index < -0.39 is 0 Å². The van der Waals surface area contributed by atoms with Gasteiger partial charge in [-0.15, -0.1) is 0 Å². The average Bonchev–Trinajstić information content (AvgIpc) is 2.05. The van der Waals surface area contributed by atoms with Gasteiger partial charge in [0.25, 0.3) is 0 Å². The number of thiocarbonyl (C=S) groups is 1. The highest BCUT2D eigenvalue weighted by Gasteiger charge is 1.94. The van der Waals surface area contributed by atoms with E-state index in [1.54, 1.807) is 0 Å². The zero-order valence-electron chi connectivity index (χ0n) is 5.88. The molecule has 0 saturated carbocycles. The Morgan fingerprint density at radius 2 is 1.91 bits per heavy atom. The van der Waals surface area contributed by atoms with Gasteiger partial charge in [0.15, 0.2) is 0 Å². The van der Waals surface area contributed by atoms with Gasteiger partial charge >= 0.3 is 0 Å². The molecule has 0 radical (unpaired) electrons. The summed E-state index contributed by atoms with van der Waals surface area (Å²) >= 11 is 8.16. The molecule has 0 aromatic heterocycles. The number of nitrogens with two attached hydrogens (primary N) is 1. The quantitative estimate of drug-likeness (QED) is 0.622. The molecule has 0 aliphatic carbocycles. The third-order valence-corrected chi connectivity index (χ3v) is 2.28. The summed E-state index contributed by atoms with van der Waals surface area (Å²) < 4.78 is 0. The Labute approximate surface area is 79.7 Å². The Hall–Kier alpha value is -0.410. The van der Waals surface area contributed by atoms with E-state index in [1.807, 2.05) is 24.3 Å². The van der Waals surface area contributed by atoms with Crippen LogP contribution in [0.2, 0.25) is 0 Å². The predicted molar refractivity (Wildman–Crippen MR) is 55.0 cm³/mol. The van der Waals surface area contributed by atoms with Crippen molar-refractivity contribution in [2.75, 3.05) is 0 Å². The second-order valence-corrected chi connectivity index (χ2v) is 3.20. The van der Waals surface area contributed by atoms with Gasteiger partial charge in [0.1, 0.15) is 4.99 Å². The lowest BCUT2D eigenvalue weighted by Gasteiger charge is -1.98. The van der Waals surface area contributed by atoms with E-state index in [0.717, 1.165) is 10.9 Å². The molecule has 0 aliphatic rings. The molecule has 0 spiro atoms. The van der Waals surface area contributed by atoms with Crippen molar-refractivity contribution in [3.05, 3.63) is 35.4 Å². The molecule has 58 valence electrons. The molecule has 0 saturated heterocycles. The molecule has 2 N–H and O–H groups in total. The number of hydrogen-bond acceptors (Lipinski definition) is 1. The van der Waals surface area contributed by atoms with Gasteiger partial charge in [-0.05, 0) is 5.56 Å². The normalized spacial score (nSPS) is 9.55. The van der Waals surface area contributed by atoms with Crippen molar-refractivity contribution in [1.29, 1.82) is 0 Å². The third-order valence-electron chi connectivity index (χ3n) is 1.39. The van der Waals surface area contributed by atoms with Crippen LogP contribution < -0.4 is 5.73 Å². The molecular formula is C8H8BrNS. The summed E-state index contributed by atoms with van der Waals surface area (Å²) in [7, 11) is 0. The van der Waals surface area contributed by atoms with Crippen LogP contribution in [0.4, 0.5) is 0 Å². The van der Waals surface area contributed by atoms with Crippen molar-refractivity contribution in [1.82, 2.24) is 0 Å². The molecule has 1 aromatic rings. The van der Waals surface area contributed by atoms with Crippen LogP contribution >= 0.6 is 28.1 Å². The highest BCUT2D eigenvalue weighted by molar-refractivity contribution is 9.08. The van der Waals surface area contributed by atoms with Crippen molar-refractivity contribution >= 4 is 33.1 Å². The Morgan fingerprint density at radius 3 is 2.27 bits per heavy atom. The van der Waals surface area contributed by atoms with Crippen LogP contribution in [-0.2, 0) is 5.33 Å². The summed E-state index contributed by atoms with van der Waals surface area (Å²) in [5.74, 6) is 0. The summed E-state index contributed by atoms with van der Waals surface area (Å²) in [6.07, 6.45) is 0. The molecule has 0 fully saturated rings. The molecule has 0 bridgehead atoms. The van der Waals surface area contributed by atoms with Gasteiger partial charge in [0, 0.05) is 10.9 Å².